The standard InChI is InChI=1S/C11H17N3O2/c15-11(6-10-2-1-5-16-10)13-4-3-9-7-12-8-14-9/h7-8,10H,1-6H2,(H,12,14)(H,13,15). The van der Waals surface area contributed by atoms with Crippen molar-refractivity contribution in [3.63, 3.8) is 0 Å². The molecule has 1 amide bonds. The van der Waals surface area contributed by atoms with E-state index in [0.717, 1.165) is 31.6 Å². The van der Waals surface area contributed by atoms with Crippen LogP contribution >= 0.6 is 0 Å². The van der Waals surface area contributed by atoms with Crippen molar-refractivity contribution in [2.45, 2.75) is 31.8 Å². The molecule has 0 radical (unpaired) electrons. The molecule has 2 rings (SSSR count). The molecule has 0 saturated carbocycles. The Bertz CT molecular complexity index is 318. The molecule has 5 heteroatoms. The highest BCUT2D eigenvalue weighted by molar-refractivity contribution is 5.76. The summed E-state index contributed by atoms with van der Waals surface area (Å²) in [6.45, 7) is 1.44. The molecule has 2 heterocycles. The van der Waals surface area contributed by atoms with Gasteiger partial charge in [-0.2, -0.15) is 0 Å². The van der Waals surface area contributed by atoms with Crippen LogP contribution in [-0.4, -0.2) is 35.1 Å². The number of hydrogen-bond acceptors (Lipinski definition) is 3. The van der Waals surface area contributed by atoms with Crippen LogP contribution in [0.5, 0.6) is 0 Å². The molecule has 1 aliphatic heterocycles. The van der Waals surface area contributed by atoms with Crippen molar-refractivity contribution < 1.29 is 9.53 Å². The first kappa shape index (κ1) is 11.1. The van der Waals surface area contributed by atoms with Crippen LogP contribution in [0, 0.1) is 0 Å². The van der Waals surface area contributed by atoms with Gasteiger partial charge in [-0.05, 0) is 12.8 Å². The molecule has 1 fully saturated rings. The summed E-state index contributed by atoms with van der Waals surface area (Å²) in [4.78, 5) is 18.4. The van der Waals surface area contributed by atoms with Gasteiger partial charge in [-0.3, -0.25) is 4.79 Å². The molecule has 0 aromatic carbocycles. The number of hydrogen-bond donors (Lipinski definition) is 2. The van der Waals surface area contributed by atoms with E-state index < -0.39 is 0 Å². The summed E-state index contributed by atoms with van der Waals surface area (Å²) in [5.41, 5.74) is 1.04. The topological polar surface area (TPSA) is 67.0 Å². The van der Waals surface area contributed by atoms with Gasteiger partial charge in [0.2, 0.25) is 5.91 Å². The number of nitrogens with zero attached hydrogens (tertiary/aromatic N) is 1. The van der Waals surface area contributed by atoms with E-state index in [1.807, 2.05) is 0 Å². The van der Waals surface area contributed by atoms with E-state index in [1.54, 1.807) is 12.5 Å². The average molecular weight is 223 g/mol. The van der Waals surface area contributed by atoms with Gasteiger partial charge in [-0.15, -0.1) is 0 Å². The molecule has 0 spiro atoms. The second-order valence-electron chi connectivity index (χ2n) is 4.02. The third kappa shape index (κ3) is 3.34. The van der Waals surface area contributed by atoms with Crippen molar-refractivity contribution in [2.24, 2.45) is 0 Å². The Morgan fingerprint density at radius 1 is 1.69 bits per heavy atom. The summed E-state index contributed by atoms with van der Waals surface area (Å²) in [5, 5.41) is 2.88. The molecular weight excluding hydrogens is 206 g/mol. The molecule has 2 N–H and O–H groups in total. The van der Waals surface area contributed by atoms with Gasteiger partial charge in [0.1, 0.15) is 0 Å². The smallest absolute Gasteiger partial charge is 0.222 e. The minimum Gasteiger partial charge on any atom is -0.378 e. The summed E-state index contributed by atoms with van der Waals surface area (Å²) in [5.74, 6) is 0.0754. The zero-order valence-corrected chi connectivity index (χ0v) is 9.24. The van der Waals surface area contributed by atoms with Gasteiger partial charge in [0.25, 0.3) is 0 Å². The van der Waals surface area contributed by atoms with Crippen LogP contribution in [0.4, 0.5) is 0 Å². The molecule has 16 heavy (non-hydrogen) atoms. The van der Waals surface area contributed by atoms with E-state index in [0.29, 0.717) is 13.0 Å². The molecule has 0 bridgehead atoms. The zero-order valence-electron chi connectivity index (χ0n) is 9.24. The first-order valence-electron chi connectivity index (χ1n) is 5.70. The van der Waals surface area contributed by atoms with Crippen LogP contribution in [0.2, 0.25) is 0 Å². The van der Waals surface area contributed by atoms with Gasteiger partial charge in [0, 0.05) is 31.5 Å². The molecule has 1 saturated heterocycles. The minimum atomic E-state index is 0.0754. The third-order valence-electron chi connectivity index (χ3n) is 2.71. The van der Waals surface area contributed by atoms with Crippen LogP contribution in [0.25, 0.3) is 0 Å². The second-order valence-corrected chi connectivity index (χ2v) is 4.02. The normalized spacial score (nSPS) is 19.9. The number of ether oxygens (including phenoxy) is 1. The lowest BCUT2D eigenvalue weighted by Crippen LogP contribution is -2.29. The van der Waals surface area contributed by atoms with E-state index in [9.17, 15) is 4.79 Å². The SMILES string of the molecule is O=C(CC1CCCO1)NCCc1cnc[nH]1. The number of imidazole rings is 1. The maximum absolute atomic E-state index is 11.5. The van der Waals surface area contributed by atoms with Gasteiger partial charge in [0.05, 0.1) is 18.9 Å². The summed E-state index contributed by atoms with van der Waals surface area (Å²) in [7, 11) is 0. The van der Waals surface area contributed by atoms with Gasteiger partial charge in [-0.1, -0.05) is 0 Å². The number of aromatic amines is 1. The van der Waals surface area contributed by atoms with Crippen LogP contribution in [-0.2, 0) is 16.0 Å². The van der Waals surface area contributed by atoms with Gasteiger partial charge in [0.15, 0.2) is 0 Å². The van der Waals surface area contributed by atoms with E-state index in [4.69, 9.17) is 4.74 Å². The maximum Gasteiger partial charge on any atom is 0.222 e. The van der Waals surface area contributed by atoms with Crippen LogP contribution in [0.3, 0.4) is 0 Å². The fraction of sp³-hybridized carbons (Fsp3) is 0.636. The molecular formula is C11H17N3O2. The predicted molar refractivity (Wildman–Crippen MR) is 58.9 cm³/mol. The van der Waals surface area contributed by atoms with Crippen molar-refractivity contribution in [3.05, 3.63) is 18.2 Å². The number of rotatable bonds is 5. The Morgan fingerprint density at radius 3 is 3.31 bits per heavy atom. The summed E-state index contributed by atoms with van der Waals surface area (Å²) >= 11 is 0. The molecule has 1 aromatic heterocycles. The lowest BCUT2D eigenvalue weighted by molar-refractivity contribution is -0.123. The van der Waals surface area contributed by atoms with Crippen molar-refractivity contribution >= 4 is 5.91 Å². The summed E-state index contributed by atoms with van der Waals surface area (Å²) < 4.78 is 5.40. The molecule has 5 nitrogen and oxygen atoms in total. The maximum atomic E-state index is 11.5. The molecule has 1 aliphatic rings. The van der Waals surface area contributed by atoms with E-state index in [2.05, 4.69) is 15.3 Å². The fourth-order valence-corrected chi connectivity index (χ4v) is 1.84. The van der Waals surface area contributed by atoms with Gasteiger partial charge < -0.3 is 15.0 Å². The number of carbonyl (C=O) groups excluding carboxylic acids is 1. The zero-order chi connectivity index (χ0) is 11.2. The van der Waals surface area contributed by atoms with Gasteiger partial charge in [-0.25, -0.2) is 4.98 Å². The van der Waals surface area contributed by atoms with Crippen molar-refractivity contribution in [1.29, 1.82) is 0 Å². The monoisotopic (exact) mass is 223 g/mol. The predicted octanol–water partition coefficient (Wildman–Crippen LogP) is 0.637. The summed E-state index contributed by atoms with van der Waals surface area (Å²) in [6, 6.07) is 0. The molecule has 1 aromatic rings. The van der Waals surface area contributed by atoms with Crippen LogP contribution in [0.1, 0.15) is 25.0 Å². The number of amides is 1. The average Bonchev–Trinajstić information content (AvgIpc) is 2.90. The number of aromatic nitrogens is 2. The highest BCUT2D eigenvalue weighted by Gasteiger charge is 2.18. The Hall–Kier alpha value is -1.36. The van der Waals surface area contributed by atoms with Crippen LogP contribution < -0.4 is 5.32 Å². The number of H-pyrrole nitrogens is 1. The van der Waals surface area contributed by atoms with E-state index >= 15 is 0 Å². The third-order valence-corrected chi connectivity index (χ3v) is 2.71. The molecule has 88 valence electrons. The minimum absolute atomic E-state index is 0.0754. The number of nitrogens with one attached hydrogen (secondary N) is 2. The Balaban J connectivity index is 1.60. The highest BCUT2D eigenvalue weighted by Crippen LogP contribution is 2.14. The first-order chi connectivity index (χ1) is 7.84. The molecule has 1 unspecified atom stereocenters. The lowest BCUT2D eigenvalue weighted by Gasteiger charge is -2.09. The number of carbonyl (C=O) groups is 1. The van der Waals surface area contributed by atoms with Crippen molar-refractivity contribution in [1.82, 2.24) is 15.3 Å². The first-order valence-corrected chi connectivity index (χ1v) is 5.70. The largest absolute Gasteiger partial charge is 0.378 e. The van der Waals surface area contributed by atoms with Gasteiger partial charge >= 0.3 is 0 Å². The Kier molecular flexibility index (Phi) is 3.93. The van der Waals surface area contributed by atoms with Crippen LogP contribution in [0.15, 0.2) is 12.5 Å². The lowest BCUT2D eigenvalue weighted by atomic mass is 10.2. The summed E-state index contributed by atoms with van der Waals surface area (Å²) in [6.07, 6.45) is 6.91. The molecule has 1 atom stereocenters. The molecule has 0 aliphatic carbocycles. The quantitative estimate of drug-likeness (QED) is 0.769. The Labute approximate surface area is 94.6 Å². The second kappa shape index (κ2) is 5.65. The highest BCUT2D eigenvalue weighted by atomic mass is 16.5. The van der Waals surface area contributed by atoms with E-state index in [1.165, 1.54) is 0 Å². The fourth-order valence-electron chi connectivity index (χ4n) is 1.84. The van der Waals surface area contributed by atoms with E-state index in [-0.39, 0.29) is 12.0 Å². The Morgan fingerprint density at radius 2 is 2.62 bits per heavy atom. The van der Waals surface area contributed by atoms with Crippen molar-refractivity contribution in [3.8, 4) is 0 Å². The van der Waals surface area contributed by atoms with Crippen molar-refractivity contribution in [2.75, 3.05) is 13.2 Å².